The summed E-state index contributed by atoms with van der Waals surface area (Å²) in [6.45, 7) is 0.238. The minimum absolute atomic E-state index is 0.0393. The highest BCUT2D eigenvalue weighted by atomic mass is 16.6. The topological polar surface area (TPSA) is 112 Å². The fourth-order valence-electron chi connectivity index (χ4n) is 4.64. The molecule has 0 saturated heterocycles. The lowest BCUT2D eigenvalue weighted by Crippen LogP contribution is -2.31. The van der Waals surface area contributed by atoms with Crippen molar-refractivity contribution >= 4 is 22.6 Å². The SMILES string of the molecule is COc1ccc(CCN2C(=O)c3oc4ccccc4c(=O)c3[C@@H]2c2cccc([N+](=O)[O-])c2)cc1OC. The quantitative estimate of drug-likeness (QED) is 0.279. The van der Waals surface area contributed by atoms with Crippen molar-refractivity contribution in [2.75, 3.05) is 20.8 Å². The smallest absolute Gasteiger partial charge is 0.290 e. The van der Waals surface area contributed by atoms with Gasteiger partial charge in [0.25, 0.3) is 11.6 Å². The van der Waals surface area contributed by atoms with Crippen molar-refractivity contribution in [2.45, 2.75) is 12.5 Å². The van der Waals surface area contributed by atoms with Crippen molar-refractivity contribution in [1.82, 2.24) is 4.90 Å². The Hall–Kier alpha value is -4.66. The van der Waals surface area contributed by atoms with Crippen molar-refractivity contribution in [2.24, 2.45) is 0 Å². The second-order valence-corrected chi connectivity index (χ2v) is 8.36. The second-order valence-electron chi connectivity index (χ2n) is 8.36. The second kappa shape index (κ2) is 9.18. The van der Waals surface area contributed by atoms with Gasteiger partial charge in [0, 0.05) is 18.7 Å². The van der Waals surface area contributed by atoms with Gasteiger partial charge in [-0.2, -0.15) is 0 Å². The number of hydrogen-bond acceptors (Lipinski definition) is 7. The molecule has 0 spiro atoms. The fraction of sp³-hybridized carbons (Fsp3) is 0.185. The first-order chi connectivity index (χ1) is 17.4. The summed E-state index contributed by atoms with van der Waals surface area (Å²) in [6.07, 6.45) is 0.444. The molecule has 1 atom stereocenters. The van der Waals surface area contributed by atoms with Gasteiger partial charge in [-0.3, -0.25) is 19.7 Å². The normalized spacial score (nSPS) is 14.7. The molecule has 0 saturated carbocycles. The van der Waals surface area contributed by atoms with E-state index in [1.54, 1.807) is 56.7 Å². The highest BCUT2D eigenvalue weighted by molar-refractivity contribution is 5.99. The first kappa shape index (κ1) is 23.1. The van der Waals surface area contributed by atoms with E-state index in [-0.39, 0.29) is 29.0 Å². The molecule has 1 aromatic heterocycles. The molecule has 0 unspecified atom stereocenters. The van der Waals surface area contributed by atoms with Crippen molar-refractivity contribution < 1.29 is 23.6 Å². The van der Waals surface area contributed by atoms with Crippen LogP contribution < -0.4 is 14.9 Å². The minimum Gasteiger partial charge on any atom is -0.493 e. The van der Waals surface area contributed by atoms with Crippen LogP contribution in [0.25, 0.3) is 11.0 Å². The highest BCUT2D eigenvalue weighted by Crippen LogP contribution is 2.39. The molecule has 9 nitrogen and oxygen atoms in total. The maximum Gasteiger partial charge on any atom is 0.290 e. The number of nitro benzene ring substituents is 1. The van der Waals surface area contributed by atoms with Crippen LogP contribution in [0.1, 0.15) is 33.3 Å². The lowest BCUT2D eigenvalue weighted by atomic mass is 9.98. The van der Waals surface area contributed by atoms with Gasteiger partial charge in [0.1, 0.15) is 5.58 Å². The zero-order valence-electron chi connectivity index (χ0n) is 19.6. The number of carbonyl (C=O) groups is 1. The average Bonchev–Trinajstić information content (AvgIpc) is 3.18. The molecule has 3 aromatic carbocycles. The summed E-state index contributed by atoms with van der Waals surface area (Å²) in [7, 11) is 3.10. The van der Waals surface area contributed by atoms with Gasteiger partial charge >= 0.3 is 0 Å². The molecule has 4 aromatic rings. The number of ether oxygens (including phenoxy) is 2. The first-order valence-corrected chi connectivity index (χ1v) is 11.2. The summed E-state index contributed by atoms with van der Waals surface area (Å²) in [5, 5.41) is 11.8. The Kier molecular flexibility index (Phi) is 5.89. The third kappa shape index (κ3) is 3.84. The number of hydrogen-bond donors (Lipinski definition) is 0. The van der Waals surface area contributed by atoms with E-state index in [0.717, 1.165) is 5.56 Å². The molecule has 36 heavy (non-hydrogen) atoms. The summed E-state index contributed by atoms with van der Waals surface area (Å²) in [6, 6.07) is 17.4. The van der Waals surface area contributed by atoms with Crippen molar-refractivity contribution in [3.05, 3.63) is 110 Å². The molecule has 2 heterocycles. The Morgan fingerprint density at radius 1 is 0.972 bits per heavy atom. The number of rotatable bonds is 7. The third-order valence-electron chi connectivity index (χ3n) is 6.36. The van der Waals surface area contributed by atoms with Crippen LogP contribution in [0, 0.1) is 10.1 Å². The number of nitro groups is 1. The zero-order valence-corrected chi connectivity index (χ0v) is 19.6. The van der Waals surface area contributed by atoms with E-state index in [0.29, 0.717) is 34.5 Å². The van der Waals surface area contributed by atoms with Gasteiger partial charge < -0.3 is 18.8 Å². The van der Waals surface area contributed by atoms with Gasteiger partial charge in [-0.15, -0.1) is 0 Å². The molecule has 0 N–H and O–H groups in total. The molecular weight excluding hydrogens is 464 g/mol. The van der Waals surface area contributed by atoms with E-state index >= 15 is 0 Å². The largest absolute Gasteiger partial charge is 0.493 e. The molecule has 182 valence electrons. The van der Waals surface area contributed by atoms with Crippen LogP contribution in [0.15, 0.2) is 75.9 Å². The number of methoxy groups -OCH3 is 2. The van der Waals surface area contributed by atoms with Crippen LogP contribution in [0.3, 0.4) is 0 Å². The fourth-order valence-corrected chi connectivity index (χ4v) is 4.64. The maximum absolute atomic E-state index is 13.6. The summed E-state index contributed by atoms with van der Waals surface area (Å²) >= 11 is 0. The monoisotopic (exact) mass is 486 g/mol. The van der Waals surface area contributed by atoms with E-state index < -0.39 is 16.9 Å². The Morgan fingerprint density at radius 3 is 2.50 bits per heavy atom. The van der Waals surface area contributed by atoms with Crippen molar-refractivity contribution in [1.29, 1.82) is 0 Å². The van der Waals surface area contributed by atoms with Crippen LogP contribution in [-0.4, -0.2) is 36.5 Å². The lowest BCUT2D eigenvalue weighted by Gasteiger charge is -2.25. The predicted octanol–water partition coefficient (Wildman–Crippen LogP) is 4.51. The molecule has 1 amide bonds. The van der Waals surface area contributed by atoms with E-state index in [1.807, 2.05) is 12.1 Å². The Bertz CT molecular complexity index is 1560. The number of carbonyl (C=O) groups excluding carboxylic acids is 1. The first-order valence-electron chi connectivity index (χ1n) is 11.2. The number of amides is 1. The Labute approximate surface area is 205 Å². The van der Waals surface area contributed by atoms with Crippen LogP contribution >= 0.6 is 0 Å². The lowest BCUT2D eigenvalue weighted by molar-refractivity contribution is -0.384. The average molecular weight is 486 g/mol. The molecule has 9 heteroatoms. The zero-order chi connectivity index (χ0) is 25.4. The molecule has 0 aliphatic carbocycles. The summed E-state index contributed by atoms with van der Waals surface area (Å²) in [4.78, 5) is 39.6. The number of non-ortho nitro benzene ring substituents is 1. The molecule has 1 aliphatic rings. The van der Waals surface area contributed by atoms with Gasteiger partial charge in [-0.25, -0.2) is 0 Å². The summed E-state index contributed by atoms with van der Waals surface area (Å²) in [5.41, 5.74) is 1.40. The highest BCUT2D eigenvalue weighted by Gasteiger charge is 2.42. The van der Waals surface area contributed by atoms with Crippen molar-refractivity contribution in [3.8, 4) is 11.5 Å². The molecule has 1 aliphatic heterocycles. The van der Waals surface area contributed by atoms with E-state index in [1.165, 1.54) is 17.0 Å². The van der Waals surface area contributed by atoms with Gasteiger partial charge in [0.05, 0.1) is 36.1 Å². The van der Waals surface area contributed by atoms with Gasteiger partial charge in [0.2, 0.25) is 5.76 Å². The van der Waals surface area contributed by atoms with Crippen molar-refractivity contribution in [3.63, 3.8) is 0 Å². The molecular formula is C27H22N2O7. The predicted molar refractivity (Wildman–Crippen MR) is 132 cm³/mol. The number of fused-ring (bicyclic) bond motifs is 2. The van der Waals surface area contributed by atoms with E-state index in [4.69, 9.17) is 13.9 Å². The Morgan fingerprint density at radius 2 is 1.75 bits per heavy atom. The van der Waals surface area contributed by atoms with Crippen LogP contribution in [0.4, 0.5) is 5.69 Å². The molecule has 0 radical (unpaired) electrons. The summed E-state index contributed by atoms with van der Waals surface area (Å²) in [5.74, 6) is 0.665. The van der Waals surface area contributed by atoms with E-state index in [9.17, 15) is 19.7 Å². The number of para-hydroxylation sites is 1. The molecule has 5 rings (SSSR count). The Balaban J connectivity index is 1.60. The number of nitrogens with zero attached hydrogens (tertiary/aromatic N) is 2. The molecule has 0 bridgehead atoms. The summed E-state index contributed by atoms with van der Waals surface area (Å²) < 4.78 is 16.6. The van der Waals surface area contributed by atoms with Crippen LogP contribution in [0.5, 0.6) is 11.5 Å². The van der Waals surface area contributed by atoms with E-state index in [2.05, 4.69) is 0 Å². The van der Waals surface area contributed by atoms with Gasteiger partial charge in [-0.05, 0) is 41.8 Å². The standard InChI is InChI=1S/C27H22N2O7/c1-34-21-11-10-16(14-22(21)35-2)12-13-28-24(17-6-5-7-18(15-17)29(32)33)23-25(30)19-8-3-4-9-20(19)36-26(23)27(28)31/h3-11,14-15,24H,12-13H2,1-2H3/t24-/m0/s1. The van der Waals surface area contributed by atoms with Gasteiger partial charge in [-0.1, -0.05) is 30.3 Å². The molecule has 0 fully saturated rings. The minimum atomic E-state index is -0.826. The van der Waals surface area contributed by atoms with Gasteiger partial charge in [0.15, 0.2) is 16.9 Å². The number of benzene rings is 3. The van der Waals surface area contributed by atoms with Crippen LogP contribution in [0.2, 0.25) is 0 Å². The maximum atomic E-state index is 13.6. The third-order valence-corrected chi connectivity index (χ3v) is 6.36. The van der Waals surface area contributed by atoms with Crippen LogP contribution in [-0.2, 0) is 6.42 Å².